The van der Waals surface area contributed by atoms with Crippen molar-refractivity contribution < 1.29 is 4.74 Å². The van der Waals surface area contributed by atoms with E-state index >= 15 is 0 Å². The second-order valence-corrected chi connectivity index (χ2v) is 5.90. The molecule has 1 aliphatic rings. The van der Waals surface area contributed by atoms with Gasteiger partial charge in [0.2, 0.25) is 0 Å². The van der Waals surface area contributed by atoms with Gasteiger partial charge in [-0.1, -0.05) is 40.5 Å². The molecule has 2 unspecified atom stereocenters. The van der Waals surface area contributed by atoms with Crippen LogP contribution in [0.1, 0.15) is 59.8 Å². The van der Waals surface area contributed by atoms with Gasteiger partial charge in [0.1, 0.15) is 0 Å². The van der Waals surface area contributed by atoms with Crippen LogP contribution >= 0.6 is 0 Å². The third-order valence-corrected chi connectivity index (χ3v) is 3.36. The Hall–Kier alpha value is -0.0800. The third kappa shape index (κ3) is 3.76. The second-order valence-electron chi connectivity index (χ2n) is 5.90. The fraction of sp³-hybridized carbons (Fsp3) is 1.00. The molecule has 0 amide bonds. The Morgan fingerprint density at radius 3 is 2.20 bits per heavy atom. The van der Waals surface area contributed by atoms with E-state index in [-0.39, 0.29) is 17.6 Å². The molecular weight excluding hydrogens is 186 g/mol. The molecule has 1 fully saturated rings. The molecule has 2 nitrogen and oxygen atoms in total. The van der Waals surface area contributed by atoms with E-state index in [1.807, 2.05) is 0 Å². The van der Waals surface area contributed by atoms with Crippen molar-refractivity contribution in [1.29, 1.82) is 0 Å². The standard InChI is InChI=1S/C13H27NO/c1-5-11(14)12(13(2,3)4)15-10-8-6-7-9-10/h10-12H,5-9,14H2,1-4H3. The lowest BCUT2D eigenvalue weighted by atomic mass is 9.83. The maximum atomic E-state index is 6.20. The van der Waals surface area contributed by atoms with Gasteiger partial charge in [0.05, 0.1) is 12.2 Å². The predicted molar refractivity (Wildman–Crippen MR) is 64.9 cm³/mol. The molecule has 2 atom stereocenters. The number of rotatable bonds is 4. The third-order valence-electron chi connectivity index (χ3n) is 3.36. The van der Waals surface area contributed by atoms with Crippen LogP contribution in [0, 0.1) is 5.41 Å². The van der Waals surface area contributed by atoms with Crippen LogP contribution in [-0.2, 0) is 4.74 Å². The van der Waals surface area contributed by atoms with E-state index in [9.17, 15) is 0 Å². The Labute approximate surface area is 94.6 Å². The quantitative estimate of drug-likeness (QED) is 0.779. The van der Waals surface area contributed by atoms with Crippen molar-refractivity contribution in [3.8, 4) is 0 Å². The molecule has 0 saturated heterocycles. The van der Waals surface area contributed by atoms with E-state index in [0.717, 1.165) is 6.42 Å². The smallest absolute Gasteiger partial charge is 0.0777 e. The van der Waals surface area contributed by atoms with E-state index in [2.05, 4.69) is 27.7 Å². The molecule has 1 aliphatic carbocycles. The molecule has 0 spiro atoms. The zero-order valence-corrected chi connectivity index (χ0v) is 10.8. The lowest BCUT2D eigenvalue weighted by Gasteiger charge is -2.36. The molecule has 0 aromatic rings. The van der Waals surface area contributed by atoms with E-state index in [4.69, 9.17) is 10.5 Å². The lowest BCUT2D eigenvalue weighted by molar-refractivity contribution is -0.0762. The summed E-state index contributed by atoms with van der Waals surface area (Å²) in [5.41, 5.74) is 6.31. The van der Waals surface area contributed by atoms with Gasteiger partial charge in [-0.2, -0.15) is 0 Å². The molecule has 2 N–H and O–H groups in total. The van der Waals surface area contributed by atoms with Crippen molar-refractivity contribution in [2.45, 2.75) is 78.0 Å². The first kappa shape index (κ1) is 13.0. The molecule has 1 rings (SSSR count). The van der Waals surface area contributed by atoms with Gasteiger partial charge in [-0.05, 0) is 24.7 Å². The SMILES string of the molecule is CCC(N)C(OC1CCCC1)C(C)(C)C. The highest BCUT2D eigenvalue weighted by Gasteiger charge is 2.33. The van der Waals surface area contributed by atoms with Crippen LogP contribution < -0.4 is 5.73 Å². The Kier molecular flexibility index (Phi) is 4.60. The molecule has 0 bridgehead atoms. The molecule has 0 aromatic heterocycles. The summed E-state index contributed by atoms with van der Waals surface area (Å²) in [7, 11) is 0. The summed E-state index contributed by atoms with van der Waals surface area (Å²) in [6.07, 6.45) is 6.75. The largest absolute Gasteiger partial charge is 0.373 e. The molecule has 1 saturated carbocycles. The zero-order chi connectivity index (χ0) is 11.5. The van der Waals surface area contributed by atoms with Gasteiger partial charge >= 0.3 is 0 Å². The van der Waals surface area contributed by atoms with E-state index < -0.39 is 0 Å². The summed E-state index contributed by atoms with van der Waals surface area (Å²) < 4.78 is 6.20. The molecule has 90 valence electrons. The fourth-order valence-electron chi connectivity index (χ4n) is 2.39. The normalized spacial score (nSPS) is 23.0. The van der Waals surface area contributed by atoms with Crippen molar-refractivity contribution in [2.24, 2.45) is 11.1 Å². The minimum absolute atomic E-state index is 0.151. The highest BCUT2D eigenvalue weighted by atomic mass is 16.5. The van der Waals surface area contributed by atoms with E-state index in [1.165, 1.54) is 25.7 Å². The molecule has 15 heavy (non-hydrogen) atoms. The minimum atomic E-state index is 0.151. The van der Waals surface area contributed by atoms with E-state index in [0.29, 0.717) is 6.10 Å². The van der Waals surface area contributed by atoms with Crippen LogP contribution in [0.25, 0.3) is 0 Å². The van der Waals surface area contributed by atoms with Crippen molar-refractivity contribution in [1.82, 2.24) is 0 Å². The number of ether oxygens (including phenoxy) is 1. The molecule has 0 aromatic carbocycles. The van der Waals surface area contributed by atoms with Crippen molar-refractivity contribution in [3.63, 3.8) is 0 Å². The van der Waals surface area contributed by atoms with Gasteiger partial charge in [-0.15, -0.1) is 0 Å². The Morgan fingerprint density at radius 1 is 1.27 bits per heavy atom. The first-order valence-corrected chi connectivity index (χ1v) is 6.36. The topological polar surface area (TPSA) is 35.2 Å². The lowest BCUT2D eigenvalue weighted by Crippen LogP contribution is -2.46. The Balaban J connectivity index is 2.55. The van der Waals surface area contributed by atoms with Gasteiger partial charge < -0.3 is 10.5 Å². The van der Waals surface area contributed by atoms with Gasteiger partial charge in [0, 0.05) is 6.04 Å². The number of hydrogen-bond acceptors (Lipinski definition) is 2. The van der Waals surface area contributed by atoms with Crippen LogP contribution in [-0.4, -0.2) is 18.2 Å². The van der Waals surface area contributed by atoms with Crippen LogP contribution in [0.5, 0.6) is 0 Å². The minimum Gasteiger partial charge on any atom is -0.373 e. The van der Waals surface area contributed by atoms with Gasteiger partial charge in [0.25, 0.3) is 0 Å². The van der Waals surface area contributed by atoms with Gasteiger partial charge in [-0.3, -0.25) is 0 Å². The molecular formula is C13H27NO. The molecule has 0 heterocycles. The highest BCUT2D eigenvalue weighted by molar-refractivity contribution is 4.85. The first-order chi connectivity index (χ1) is 6.95. The summed E-state index contributed by atoms with van der Waals surface area (Å²) in [6.45, 7) is 8.81. The molecule has 0 radical (unpaired) electrons. The summed E-state index contributed by atoms with van der Waals surface area (Å²) in [4.78, 5) is 0. The van der Waals surface area contributed by atoms with Crippen molar-refractivity contribution >= 4 is 0 Å². The average molecular weight is 213 g/mol. The number of nitrogens with two attached hydrogens (primary N) is 1. The highest BCUT2D eigenvalue weighted by Crippen LogP contribution is 2.30. The number of hydrogen-bond donors (Lipinski definition) is 1. The summed E-state index contributed by atoms with van der Waals surface area (Å²) in [5.74, 6) is 0. The summed E-state index contributed by atoms with van der Waals surface area (Å²) in [5, 5.41) is 0. The van der Waals surface area contributed by atoms with Crippen LogP contribution in [0.2, 0.25) is 0 Å². The Morgan fingerprint density at radius 2 is 1.80 bits per heavy atom. The van der Waals surface area contributed by atoms with Crippen LogP contribution in [0.3, 0.4) is 0 Å². The van der Waals surface area contributed by atoms with Gasteiger partial charge in [0.15, 0.2) is 0 Å². The van der Waals surface area contributed by atoms with Crippen molar-refractivity contribution in [3.05, 3.63) is 0 Å². The zero-order valence-electron chi connectivity index (χ0n) is 10.8. The average Bonchev–Trinajstić information content (AvgIpc) is 2.63. The second kappa shape index (κ2) is 5.31. The van der Waals surface area contributed by atoms with Crippen molar-refractivity contribution in [2.75, 3.05) is 0 Å². The summed E-state index contributed by atoms with van der Waals surface area (Å²) in [6, 6.07) is 0.172. The molecule has 2 heteroatoms. The first-order valence-electron chi connectivity index (χ1n) is 6.36. The Bertz CT molecular complexity index is 179. The van der Waals surface area contributed by atoms with Crippen LogP contribution in [0.4, 0.5) is 0 Å². The maximum Gasteiger partial charge on any atom is 0.0777 e. The van der Waals surface area contributed by atoms with E-state index in [1.54, 1.807) is 0 Å². The van der Waals surface area contributed by atoms with Crippen LogP contribution in [0.15, 0.2) is 0 Å². The summed E-state index contributed by atoms with van der Waals surface area (Å²) >= 11 is 0. The molecule has 0 aliphatic heterocycles. The fourth-order valence-corrected chi connectivity index (χ4v) is 2.39. The van der Waals surface area contributed by atoms with Gasteiger partial charge in [-0.25, -0.2) is 0 Å². The predicted octanol–water partition coefficient (Wildman–Crippen LogP) is 3.10. The monoisotopic (exact) mass is 213 g/mol. The maximum absolute atomic E-state index is 6.20.